The second kappa shape index (κ2) is 9.87. The highest BCUT2D eigenvalue weighted by Gasteiger charge is 2.24. The minimum Gasteiger partial charge on any atom is -0.497 e. The third kappa shape index (κ3) is 4.78. The largest absolute Gasteiger partial charge is 0.497 e. The van der Waals surface area contributed by atoms with Gasteiger partial charge in [0.1, 0.15) is 10.8 Å². The van der Waals surface area contributed by atoms with E-state index >= 15 is 0 Å². The van der Waals surface area contributed by atoms with Crippen LogP contribution < -0.4 is 15.2 Å². The number of piperazine rings is 1. The van der Waals surface area contributed by atoms with Gasteiger partial charge in [-0.05, 0) is 36.2 Å². The number of anilines is 1. The average Bonchev–Trinajstić information content (AvgIpc) is 2.85. The van der Waals surface area contributed by atoms with Crippen LogP contribution in [0.5, 0.6) is 5.75 Å². The molecule has 0 aliphatic carbocycles. The van der Waals surface area contributed by atoms with E-state index in [4.69, 9.17) is 16.3 Å². The predicted octanol–water partition coefficient (Wildman–Crippen LogP) is 3.18. The molecule has 8 heteroatoms. The minimum absolute atomic E-state index is 0.121. The number of nitrogens with zero attached hydrogens (tertiary/aromatic N) is 4. The summed E-state index contributed by atoms with van der Waals surface area (Å²) in [7, 11) is 1.63. The lowest BCUT2D eigenvalue weighted by atomic mass is 10.1. The Morgan fingerprint density at radius 1 is 1.06 bits per heavy atom. The Bertz CT molecular complexity index is 1140. The van der Waals surface area contributed by atoms with Gasteiger partial charge in [0.15, 0.2) is 0 Å². The molecule has 166 valence electrons. The molecule has 1 fully saturated rings. The first-order chi connectivity index (χ1) is 15.6. The second-order valence-corrected chi connectivity index (χ2v) is 7.99. The number of carbonyl (C=O) groups is 1. The van der Waals surface area contributed by atoms with Crippen LogP contribution in [0.2, 0.25) is 5.02 Å². The number of methoxy groups -OCH3 is 1. The van der Waals surface area contributed by atoms with E-state index in [9.17, 15) is 9.59 Å². The molecule has 0 bridgehead atoms. The van der Waals surface area contributed by atoms with Crippen molar-refractivity contribution in [2.45, 2.75) is 12.8 Å². The molecule has 2 heterocycles. The van der Waals surface area contributed by atoms with Gasteiger partial charge in [0.2, 0.25) is 5.91 Å². The van der Waals surface area contributed by atoms with E-state index in [2.05, 4.69) is 5.10 Å². The summed E-state index contributed by atoms with van der Waals surface area (Å²) in [4.78, 5) is 29.3. The lowest BCUT2D eigenvalue weighted by molar-refractivity contribution is -0.131. The molecule has 1 saturated heterocycles. The maximum Gasteiger partial charge on any atom is 0.292 e. The van der Waals surface area contributed by atoms with E-state index in [1.54, 1.807) is 25.4 Å². The fourth-order valence-electron chi connectivity index (χ4n) is 3.83. The number of rotatable bonds is 6. The van der Waals surface area contributed by atoms with Crippen LogP contribution in [0.3, 0.4) is 0 Å². The lowest BCUT2D eigenvalue weighted by Gasteiger charge is -2.36. The maximum absolute atomic E-state index is 12.7. The molecule has 1 aliphatic rings. The number of hydrogen-bond acceptors (Lipinski definition) is 5. The van der Waals surface area contributed by atoms with Crippen molar-refractivity contribution in [3.8, 4) is 11.4 Å². The van der Waals surface area contributed by atoms with Crippen molar-refractivity contribution in [1.82, 2.24) is 14.7 Å². The van der Waals surface area contributed by atoms with Crippen LogP contribution in [-0.4, -0.2) is 53.9 Å². The Hall–Kier alpha value is -3.32. The second-order valence-electron chi connectivity index (χ2n) is 7.62. The van der Waals surface area contributed by atoms with Crippen LogP contribution in [0.15, 0.2) is 65.6 Å². The van der Waals surface area contributed by atoms with Crippen LogP contribution in [0.25, 0.3) is 5.69 Å². The van der Waals surface area contributed by atoms with Crippen molar-refractivity contribution in [2.75, 3.05) is 38.2 Å². The van der Waals surface area contributed by atoms with Crippen LogP contribution in [0.4, 0.5) is 5.69 Å². The van der Waals surface area contributed by atoms with Gasteiger partial charge in [0.05, 0.1) is 24.7 Å². The van der Waals surface area contributed by atoms with E-state index in [-0.39, 0.29) is 16.5 Å². The Kier molecular flexibility index (Phi) is 6.75. The van der Waals surface area contributed by atoms with E-state index in [1.165, 1.54) is 4.68 Å². The molecule has 2 aromatic carbocycles. The van der Waals surface area contributed by atoms with Gasteiger partial charge in [-0.2, -0.15) is 9.78 Å². The van der Waals surface area contributed by atoms with Crippen LogP contribution >= 0.6 is 11.6 Å². The molecule has 4 rings (SSSR count). The highest BCUT2D eigenvalue weighted by molar-refractivity contribution is 6.33. The third-order valence-corrected chi connectivity index (χ3v) is 5.99. The van der Waals surface area contributed by atoms with Crippen molar-refractivity contribution >= 4 is 23.2 Å². The molecule has 1 aromatic heterocycles. The summed E-state index contributed by atoms with van der Waals surface area (Å²) in [5, 5.41) is 4.44. The van der Waals surface area contributed by atoms with Crippen molar-refractivity contribution in [3.63, 3.8) is 0 Å². The van der Waals surface area contributed by atoms with Crippen molar-refractivity contribution in [1.29, 1.82) is 0 Å². The zero-order chi connectivity index (χ0) is 22.5. The molecule has 1 aliphatic heterocycles. The summed E-state index contributed by atoms with van der Waals surface area (Å²) in [6.07, 6.45) is 2.74. The summed E-state index contributed by atoms with van der Waals surface area (Å²) in [6, 6.07) is 17.0. The molecular weight excluding hydrogens is 428 g/mol. The number of carbonyl (C=O) groups excluding carboxylic acids is 1. The number of para-hydroxylation sites is 1. The summed E-state index contributed by atoms with van der Waals surface area (Å²) >= 11 is 6.42. The number of ether oxygens (including phenoxy) is 1. The Balaban J connectivity index is 1.36. The Morgan fingerprint density at radius 3 is 2.53 bits per heavy atom. The zero-order valence-electron chi connectivity index (χ0n) is 17.9. The molecule has 1 amide bonds. The standard InChI is InChI=1S/C24H25ClN4O3/c1-32-20-9-5-6-18(16-20)10-11-22(30)28-14-12-27(13-15-28)21-17-26-29(24(31)23(21)25)19-7-3-2-4-8-19/h2-9,16-17H,10-15H2,1H3. The van der Waals surface area contributed by atoms with Gasteiger partial charge in [-0.15, -0.1) is 0 Å². The van der Waals surface area contributed by atoms with Crippen LogP contribution in [0, 0.1) is 0 Å². The van der Waals surface area contributed by atoms with Crippen LogP contribution in [0.1, 0.15) is 12.0 Å². The van der Waals surface area contributed by atoms with Crippen molar-refractivity contribution in [2.24, 2.45) is 0 Å². The number of amides is 1. The Morgan fingerprint density at radius 2 is 1.81 bits per heavy atom. The number of halogens is 1. The van der Waals surface area contributed by atoms with E-state index in [0.29, 0.717) is 50.4 Å². The fourth-order valence-corrected chi connectivity index (χ4v) is 4.08. The van der Waals surface area contributed by atoms with Crippen molar-refractivity contribution < 1.29 is 9.53 Å². The van der Waals surface area contributed by atoms with Gasteiger partial charge in [0.25, 0.3) is 5.56 Å². The lowest BCUT2D eigenvalue weighted by Crippen LogP contribution is -2.49. The third-order valence-electron chi connectivity index (χ3n) is 5.64. The maximum atomic E-state index is 12.7. The normalized spacial score (nSPS) is 13.8. The summed E-state index contributed by atoms with van der Waals surface area (Å²) in [5.74, 6) is 0.916. The van der Waals surface area contributed by atoms with Gasteiger partial charge in [-0.25, -0.2) is 0 Å². The number of aryl methyl sites for hydroxylation is 1. The number of hydrogen-bond donors (Lipinski definition) is 0. The summed E-state index contributed by atoms with van der Waals surface area (Å²) in [5.41, 5.74) is 1.99. The molecule has 0 radical (unpaired) electrons. The van der Waals surface area contributed by atoms with Gasteiger partial charge >= 0.3 is 0 Å². The van der Waals surface area contributed by atoms with E-state index < -0.39 is 0 Å². The number of aromatic nitrogens is 2. The molecular formula is C24H25ClN4O3. The molecule has 0 atom stereocenters. The predicted molar refractivity (Wildman–Crippen MR) is 125 cm³/mol. The fraction of sp³-hybridized carbons (Fsp3) is 0.292. The minimum atomic E-state index is -0.354. The van der Waals surface area contributed by atoms with Gasteiger partial charge < -0.3 is 14.5 Å². The Labute approximate surface area is 191 Å². The molecule has 0 spiro atoms. The van der Waals surface area contributed by atoms with Crippen LogP contribution in [-0.2, 0) is 11.2 Å². The molecule has 0 N–H and O–H groups in total. The quantitative estimate of drug-likeness (QED) is 0.574. The molecule has 0 saturated carbocycles. The first-order valence-electron chi connectivity index (χ1n) is 10.6. The van der Waals surface area contributed by atoms with E-state index in [0.717, 1.165) is 11.3 Å². The highest BCUT2D eigenvalue weighted by Crippen LogP contribution is 2.23. The highest BCUT2D eigenvalue weighted by atomic mass is 35.5. The first kappa shape index (κ1) is 21.9. The summed E-state index contributed by atoms with van der Waals surface area (Å²) in [6.45, 7) is 2.35. The molecule has 0 unspecified atom stereocenters. The molecule has 32 heavy (non-hydrogen) atoms. The monoisotopic (exact) mass is 452 g/mol. The summed E-state index contributed by atoms with van der Waals surface area (Å²) < 4.78 is 6.54. The smallest absolute Gasteiger partial charge is 0.292 e. The van der Waals surface area contributed by atoms with Gasteiger partial charge in [-0.1, -0.05) is 41.9 Å². The number of benzene rings is 2. The average molecular weight is 453 g/mol. The van der Waals surface area contributed by atoms with Crippen molar-refractivity contribution in [3.05, 3.63) is 81.7 Å². The molecule has 7 nitrogen and oxygen atoms in total. The zero-order valence-corrected chi connectivity index (χ0v) is 18.7. The first-order valence-corrected chi connectivity index (χ1v) is 10.9. The van der Waals surface area contributed by atoms with E-state index in [1.807, 2.05) is 52.3 Å². The van der Waals surface area contributed by atoms with Gasteiger partial charge in [0, 0.05) is 32.6 Å². The molecule has 3 aromatic rings. The topological polar surface area (TPSA) is 67.7 Å². The SMILES string of the molecule is COc1cccc(CCC(=O)N2CCN(c3cnn(-c4ccccc4)c(=O)c3Cl)CC2)c1. The van der Waals surface area contributed by atoms with Gasteiger partial charge in [-0.3, -0.25) is 9.59 Å².